The van der Waals surface area contributed by atoms with E-state index in [0.717, 1.165) is 5.56 Å². The van der Waals surface area contributed by atoms with Gasteiger partial charge >= 0.3 is 0 Å². The number of anilines is 3. The van der Waals surface area contributed by atoms with Crippen LogP contribution < -0.4 is 21.5 Å². The second-order valence-electron chi connectivity index (χ2n) is 9.07. The molecule has 36 heavy (non-hydrogen) atoms. The van der Waals surface area contributed by atoms with Gasteiger partial charge < -0.3 is 16.0 Å². The second kappa shape index (κ2) is 7.02. The third-order valence-electron chi connectivity index (χ3n) is 7.20. The highest BCUT2D eigenvalue weighted by atomic mass is 16.2. The van der Waals surface area contributed by atoms with Gasteiger partial charge in [0.25, 0.3) is 5.56 Å². The Kier molecular flexibility index (Phi) is 3.98. The zero-order chi connectivity index (χ0) is 24.6. The molecule has 0 radical (unpaired) electrons. The maximum absolute atomic E-state index is 14.7. The molecule has 1 aromatic heterocycles. The number of nitrogen functional groups attached to an aromatic ring is 1. The number of carbonyl (C=O) groups excluding carboxylic acids is 2. The predicted octanol–water partition coefficient (Wildman–Crippen LogP) is 3.22. The molecule has 4 aromatic rings. The van der Waals surface area contributed by atoms with Gasteiger partial charge in [0, 0.05) is 28.0 Å². The van der Waals surface area contributed by atoms with Gasteiger partial charge in [0.05, 0.1) is 17.8 Å². The van der Waals surface area contributed by atoms with Gasteiger partial charge in [-0.1, -0.05) is 72.8 Å². The largest absolute Gasteiger partial charge is 0.369 e. The molecular formula is C28H19N5O3. The first-order valence-electron chi connectivity index (χ1n) is 11.5. The Morgan fingerprint density at radius 2 is 1.56 bits per heavy atom. The molecule has 4 N–H and O–H groups in total. The van der Waals surface area contributed by atoms with Crippen LogP contribution in [-0.4, -0.2) is 21.7 Å². The van der Waals surface area contributed by atoms with Gasteiger partial charge in [0.1, 0.15) is 11.2 Å². The molecular weight excluding hydrogens is 454 g/mol. The summed E-state index contributed by atoms with van der Waals surface area (Å²) >= 11 is 0. The van der Waals surface area contributed by atoms with Crippen LogP contribution in [0.1, 0.15) is 32.6 Å². The molecule has 1 amide bonds. The molecule has 0 bridgehead atoms. The monoisotopic (exact) mass is 473 g/mol. The van der Waals surface area contributed by atoms with E-state index in [-0.39, 0.29) is 41.1 Å². The van der Waals surface area contributed by atoms with Crippen LogP contribution in [-0.2, 0) is 16.8 Å². The van der Waals surface area contributed by atoms with Crippen molar-refractivity contribution in [3.63, 3.8) is 0 Å². The van der Waals surface area contributed by atoms with Gasteiger partial charge in [-0.05, 0) is 11.6 Å². The van der Waals surface area contributed by atoms with Gasteiger partial charge in [-0.25, -0.2) is 0 Å². The number of benzene rings is 3. The van der Waals surface area contributed by atoms with Crippen molar-refractivity contribution in [1.29, 1.82) is 0 Å². The van der Waals surface area contributed by atoms with E-state index >= 15 is 0 Å². The summed E-state index contributed by atoms with van der Waals surface area (Å²) in [6.45, 7) is 0.283. The number of carbonyl (C=O) groups is 2. The molecule has 0 saturated heterocycles. The van der Waals surface area contributed by atoms with Crippen LogP contribution in [0.4, 0.5) is 17.5 Å². The fourth-order valence-electron chi connectivity index (χ4n) is 5.80. The minimum absolute atomic E-state index is 0.0737. The fourth-order valence-corrected chi connectivity index (χ4v) is 5.80. The molecule has 1 spiro atoms. The van der Waals surface area contributed by atoms with Gasteiger partial charge in [0.15, 0.2) is 5.78 Å². The lowest BCUT2D eigenvalue weighted by Crippen LogP contribution is -2.49. The van der Waals surface area contributed by atoms with Crippen LogP contribution in [0, 0.1) is 0 Å². The van der Waals surface area contributed by atoms with Gasteiger partial charge in [0.2, 0.25) is 11.9 Å². The van der Waals surface area contributed by atoms with Crippen molar-refractivity contribution in [3.8, 4) is 0 Å². The number of para-hydroxylation sites is 1. The highest BCUT2D eigenvalue weighted by Gasteiger charge is 2.62. The van der Waals surface area contributed by atoms with E-state index in [1.807, 2.05) is 66.7 Å². The van der Waals surface area contributed by atoms with Crippen molar-refractivity contribution in [2.24, 2.45) is 0 Å². The predicted molar refractivity (Wildman–Crippen MR) is 135 cm³/mol. The first-order chi connectivity index (χ1) is 17.5. The summed E-state index contributed by atoms with van der Waals surface area (Å²) < 4.78 is 0. The quantitative estimate of drug-likeness (QED) is 0.411. The van der Waals surface area contributed by atoms with Crippen LogP contribution in [0.15, 0.2) is 89.2 Å². The lowest BCUT2D eigenvalue weighted by molar-refractivity contribution is -0.120. The molecule has 8 heteroatoms. The maximum Gasteiger partial charge on any atom is 0.259 e. The van der Waals surface area contributed by atoms with Crippen LogP contribution in [0.25, 0.3) is 5.70 Å². The molecule has 0 saturated carbocycles. The Morgan fingerprint density at radius 1 is 0.861 bits per heavy atom. The van der Waals surface area contributed by atoms with E-state index in [1.165, 1.54) is 0 Å². The van der Waals surface area contributed by atoms with E-state index in [1.54, 1.807) is 17.0 Å². The van der Waals surface area contributed by atoms with Crippen molar-refractivity contribution < 1.29 is 9.59 Å². The Balaban J connectivity index is 1.58. The molecule has 3 heterocycles. The fraction of sp³-hybridized carbons (Fsp3) is 0.0714. The number of hydrogen-bond donors (Lipinski definition) is 3. The normalized spacial score (nSPS) is 19.2. The van der Waals surface area contributed by atoms with Crippen molar-refractivity contribution >= 4 is 34.8 Å². The molecule has 2 aliphatic heterocycles. The summed E-state index contributed by atoms with van der Waals surface area (Å²) in [6, 6.07) is 24.1. The van der Waals surface area contributed by atoms with Crippen LogP contribution in [0.3, 0.4) is 0 Å². The number of H-pyrrole nitrogens is 1. The topological polar surface area (TPSA) is 121 Å². The average molecular weight is 473 g/mol. The smallest absolute Gasteiger partial charge is 0.259 e. The molecule has 1 unspecified atom stereocenters. The third kappa shape index (κ3) is 2.42. The lowest BCUT2D eigenvalue weighted by Gasteiger charge is -2.35. The van der Waals surface area contributed by atoms with Gasteiger partial charge in [-0.15, -0.1) is 0 Å². The van der Waals surface area contributed by atoms with Crippen molar-refractivity contribution in [3.05, 3.63) is 123 Å². The number of aromatic nitrogens is 2. The number of fused-ring (bicyclic) bond motifs is 7. The number of ketones is 1. The highest BCUT2D eigenvalue weighted by Crippen LogP contribution is 2.57. The summed E-state index contributed by atoms with van der Waals surface area (Å²) in [5.41, 5.74) is 7.72. The molecule has 8 nitrogen and oxygen atoms in total. The lowest BCUT2D eigenvalue weighted by atomic mass is 9.67. The van der Waals surface area contributed by atoms with E-state index in [2.05, 4.69) is 15.3 Å². The van der Waals surface area contributed by atoms with E-state index < -0.39 is 11.0 Å². The van der Waals surface area contributed by atoms with Crippen molar-refractivity contribution in [2.45, 2.75) is 12.0 Å². The molecule has 174 valence electrons. The zero-order valence-corrected chi connectivity index (χ0v) is 18.9. The van der Waals surface area contributed by atoms with Crippen molar-refractivity contribution in [2.75, 3.05) is 16.0 Å². The minimum Gasteiger partial charge on any atom is -0.369 e. The number of Topliss-reactive ketones (excluding diaryl/α,β-unsaturated/α-hetero) is 1. The van der Waals surface area contributed by atoms with Crippen molar-refractivity contribution in [1.82, 2.24) is 9.97 Å². The molecule has 3 aliphatic rings. The third-order valence-corrected chi connectivity index (χ3v) is 7.20. The number of rotatable bonds is 2. The molecule has 0 fully saturated rings. The Morgan fingerprint density at radius 3 is 2.36 bits per heavy atom. The molecule has 3 aromatic carbocycles. The van der Waals surface area contributed by atoms with Gasteiger partial charge in [-0.3, -0.25) is 19.4 Å². The van der Waals surface area contributed by atoms with E-state index in [4.69, 9.17) is 5.73 Å². The average Bonchev–Trinajstić information content (AvgIpc) is 3.30. The number of nitrogens with two attached hydrogens (primary N) is 1. The standard InChI is InChI=1S/C28H19N5O3/c29-27-31-24-21(25(35)32-27)28(20-22(30-24)16-10-4-5-11-17(16)23(20)34)18-12-6-7-13-19(18)33(26(28)36)14-15-8-2-1-3-9-15/h1-13H,14H2,(H4,29,30,31,32,35). The maximum atomic E-state index is 14.7. The van der Waals surface area contributed by atoms with E-state index in [9.17, 15) is 14.4 Å². The first-order valence-corrected chi connectivity index (χ1v) is 11.5. The summed E-state index contributed by atoms with van der Waals surface area (Å²) in [7, 11) is 0. The highest BCUT2D eigenvalue weighted by molar-refractivity contribution is 6.31. The summed E-state index contributed by atoms with van der Waals surface area (Å²) in [5.74, 6) is -0.576. The molecule has 1 atom stereocenters. The Labute approximate surface area is 205 Å². The number of aromatic amines is 1. The number of hydrogen-bond acceptors (Lipinski definition) is 6. The number of nitrogens with zero attached hydrogens (tertiary/aromatic N) is 2. The first kappa shape index (κ1) is 20.4. The number of nitrogens with one attached hydrogen (secondary N) is 2. The zero-order valence-electron chi connectivity index (χ0n) is 18.9. The second-order valence-corrected chi connectivity index (χ2v) is 9.07. The van der Waals surface area contributed by atoms with Crippen LogP contribution in [0.5, 0.6) is 0 Å². The SMILES string of the molecule is Nc1nc2c(c(=O)[nH]1)C1(C(=O)N(Cc3ccccc3)c3ccccc31)C1=C(N2)c2ccccc2C1=O. The summed E-state index contributed by atoms with van der Waals surface area (Å²) in [4.78, 5) is 50.7. The summed E-state index contributed by atoms with van der Waals surface area (Å²) in [5, 5.41) is 3.17. The van der Waals surface area contributed by atoms with E-state index in [0.29, 0.717) is 28.1 Å². The number of amides is 1. The van der Waals surface area contributed by atoms with Crippen LogP contribution >= 0.6 is 0 Å². The summed E-state index contributed by atoms with van der Waals surface area (Å²) in [6.07, 6.45) is 0. The van der Waals surface area contributed by atoms with Gasteiger partial charge in [-0.2, -0.15) is 4.98 Å². The molecule has 1 aliphatic carbocycles. The molecule has 7 rings (SSSR count). The minimum atomic E-state index is -1.67. The Hall–Kier alpha value is -4.98. The van der Waals surface area contributed by atoms with Crippen LogP contribution in [0.2, 0.25) is 0 Å². The Bertz CT molecular complexity index is 1720.